The van der Waals surface area contributed by atoms with Gasteiger partial charge in [0.2, 0.25) is 47.5 Å². The predicted molar refractivity (Wildman–Crippen MR) is 403 cm³/mol. The number of carboxylic acids is 1. The third kappa shape index (κ3) is 17.4. The Kier molecular flexibility index (Phi) is 25.4. The molecule has 3 saturated heterocycles. The summed E-state index contributed by atoms with van der Waals surface area (Å²) in [6, 6.07) is 5.11. The van der Waals surface area contributed by atoms with Gasteiger partial charge in [-0.3, -0.25) is 28.8 Å². The van der Waals surface area contributed by atoms with E-state index in [9.17, 15) is 81.4 Å². The zero-order chi connectivity index (χ0) is 84.9. The number of fused-ring (bicyclic) bond motifs is 15. The lowest BCUT2D eigenvalue weighted by molar-refractivity contribution is -0.313. The van der Waals surface area contributed by atoms with Crippen molar-refractivity contribution in [1.82, 2.24) is 37.2 Å². The van der Waals surface area contributed by atoms with Crippen LogP contribution in [0.5, 0.6) is 57.5 Å². The van der Waals surface area contributed by atoms with Gasteiger partial charge in [0.1, 0.15) is 138 Å². The number of aliphatic hydroxyl groups excluding tert-OH is 9. The van der Waals surface area contributed by atoms with E-state index in [1.807, 2.05) is 0 Å². The molecule has 8 heterocycles. The monoisotopic (exact) mass is 1700 g/mol. The first-order valence-corrected chi connectivity index (χ1v) is 37.5. The van der Waals surface area contributed by atoms with Gasteiger partial charge in [0.05, 0.1) is 40.5 Å². The molecule has 6 amide bonds. The number of phenolic OH excluding ortho intramolecular Hbond substituents is 5. The number of aliphatic carboxylic acids is 1. The molecule has 0 unspecified atom stereocenters. The minimum atomic E-state index is -2.46. The SMILES string of the molecule is CN[C@H](C(=O)N[C@H]1C(=O)N[C@H](c2ccc(O)c(Cl)c2)C(=O)N[C@@H]2C(=O)N[C@H]3C(=O)N[C@@H](C(=O)N[C@H](C(=O)O)c4cc(O)cc(O)c4-c4cc3ccc4O)[C@@H](O[C@H]3C[C@@H](N)[C@@H](O)[C@@H](C)O3)c3ccc(c(Cl)c3)Oc3cc2cc(c3O[C@@H]2O[C@H](CO)[C@@H](O)[C@H](O)[C@H]2O)Oc2ccc(cc2Cl)[C@H]1O[C@@H]1O[C@H](CO)[C@@H](O)[C@H](O)[C@H]1O)c1ccc(O)cc1. The minimum Gasteiger partial charge on any atom is -0.508 e. The zero-order valence-electron chi connectivity index (χ0n) is 61.5. The molecule has 8 aliphatic rings. The van der Waals surface area contributed by atoms with Crippen molar-refractivity contribution in [2.24, 2.45) is 5.73 Å². The zero-order valence-corrected chi connectivity index (χ0v) is 63.8. The molecule has 23 atom stereocenters. The Labute approximate surface area is 682 Å². The highest BCUT2D eigenvalue weighted by Gasteiger charge is 2.51. The Morgan fingerprint density at radius 1 is 0.525 bits per heavy atom. The van der Waals surface area contributed by atoms with Crippen LogP contribution in [0.1, 0.15) is 94.7 Å². The average Bonchev–Trinajstić information content (AvgIpc) is 0.763. The van der Waals surface area contributed by atoms with Gasteiger partial charge in [-0.05, 0) is 126 Å². The van der Waals surface area contributed by atoms with Crippen molar-refractivity contribution in [2.75, 3.05) is 20.3 Å². The first-order valence-electron chi connectivity index (χ1n) is 36.3. The van der Waals surface area contributed by atoms with Crippen LogP contribution in [0.3, 0.4) is 0 Å². The molecule has 0 aliphatic carbocycles. The van der Waals surface area contributed by atoms with E-state index >= 15 is 28.8 Å². The van der Waals surface area contributed by atoms with Crippen molar-refractivity contribution in [3.8, 4) is 68.6 Å². The Bertz CT molecular complexity index is 5000. The summed E-state index contributed by atoms with van der Waals surface area (Å²) in [6.45, 7) is -0.602. The Morgan fingerprint density at radius 2 is 1.05 bits per heavy atom. The Hall–Kier alpha value is -10.5. The number of rotatable bonds is 14. The summed E-state index contributed by atoms with van der Waals surface area (Å²) in [5.74, 6) is -16.6. The van der Waals surface area contributed by atoms with E-state index in [0.29, 0.717) is 0 Å². The second-order valence-electron chi connectivity index (χ2n) is 28.5. The van der Waals surface area contributed by atoms with Crippen LogP contribution in [0.2, 0.25) is 15.1 Å². The number of ether oxygens (including phenoxy) is 8. The normalized spacial score (nSPS) is 30.1. The van der Waals surface area contributed by atoms with E-state index < -0.39 is 290 Å². The fraction of sp³-hybridized carbons (Fsp3) is 0.364. The van der Waals surface area contributed by atoms with E-state index in [2.05, 4.69) is 37.2 Å². The van der Waals surface area contributed by atoms with Crippen LogP contribution in [0.4, 0.5) is 0 Å². The van der Waals surface area contributed by atoms with Crippen LogP contribution in [-0.4, -0.2) is 236 Å². The number of carboxylic acid groups (broad SMARTS) is 1. The highest BCUT2D eigenvalue weighted by atomic mass is 35.5. The number of nitrogens with two attached hydrogens (primary N) is 1. The molecule has 24 N–H and O–H groups in total. The molecule has 8 aliphatic heterocycles. The van der Waals surface area contributed by atoms with Crippen LogP contribution < -0.4 is 57.2 Å². The highest BCUT2D eigenvalue weighted by Crippen LogP contribution is 2.51. The molecule has 0 aromatic heterocycles. The van der Waals surface area contributed by atoms with Crippen LogP contribution in [0.25, 0.3) is 11.1 Å². The van der Waals surface area contributed by atoms with E-state index in [1.54, 1.807) is 0 Å². The number of carbonyl (C=O) groups excluding carboxylic acids is 6. The lowest BCUT2D eigenvalue weighted by atomic mass is 9.89. The lowest BCUT2D eigenvalue weighted by Gasteiger charge is -2.42. The summed E-state index contributed by atoms with van der Waals surface area (Å²) in [6.07, 6.45) is -29.0. The van der Waals surface area contributed by atoms with E-state index in [-0.39, 0.29) is 34.4 Å². The van der Waals surface area contributed by atoms with E-state index in [0.717, 1.165) is 91.0 Å². The quantitative estimate of drug-likeness (QED) is 0.0702. The molecule has 628 valence electrons. The molecule has 38 nitrogen and oxygen atoms in total. The standard InChI is InChI=1S/C77H79Cl3N8O30/c1-26-59(96)40(81)23-50(111-26)116-66-30-7-13-44(38(79)17-30)112-46-19-32-20-47(68(46)118-77-65(102)63(100)61(98)49(25-90)115-77)113-45-14-8-31(18-39(45)80)67(117-76-64(101)62(99)60(97)48(24-89)114-76)58(87-69(103)52(82-2)27-3-9-33(91)10-4-27)73(107)84-54(29-6-12-42(94)37(78)16-29)70(104)85-55(32)72(106)83-53-28-5-11-41(93)35(15-28)51-36(21-34(92)22-43(51)95)56(75(109)110)86-74(108)57(66)88-71(53)105/h3-22,26,40,48-50,52-67,76-77,82,89-102H,23-25,81H2,1-2H3,(H,83,106)(H,84,107)(H,85,104)(H,86,108)(H,87,103)(H,88,105)(H,109,110)/t26-,40-,48-,49-,50+,52+,53-,54-,55+,56+,57-,58-,59+,60-,61-,62+,63+,64-,65-,66+,67-,76+,77+/m1/s1. The molecule has 7 aromatic rings. The van der Waals surface area contributed by atoms with Gasteiger partial charge in [0.25, 0.3) is 0 Å². The topological polar surface area (TPSA) is 607 Å². The molecular weight excluding hydrogens is 1620 g/mol. The van der Waals surface area contributed by atoms with Gasteiger partial charge >= 0.3 is 5.97 Å². The van der Waals surface area contributed by atoms with Crippen LogP contribution in [0.15, 0.2) is 121 Å². The molecule has 15 rings (SSSR count). The molecule has 118 heavy (non-hydrogen) atoms. The first-order chi connectivity index (χ1) is 56.1. The van der Waals surface area contributed by atoms with E-state index in [4.69, 9.17) is 78.4 Å². The molecule has 41 heteroatoms. The maximum absolute atomic E-state index is 16.6. The summed E-state index contributed by atoms with van der Waals surface area (Å²) in [5.41, 5.74) is 3.12. The number of nitrogens with one attached hydrogen (secondary N) is 7. The van der Waals surface area contributed by atoms with Crippen molar-refractivity contribution >= 4 is 76.2 Å². The van der Waals surface area contributed by atoms with Crippen molar-refractivity contribution in [2.45, 2.75) is 154 Å². The summed E-state index contributed by atoms with van der Waals surface area (Å²) in [7, 11) is 1.34. The van der Waals surface area contributed by atoms with Crippen molar-refractivity contribution < 1.29 is 148 Å². The number of aliphatic hydroxyl groups is 9. The second-order valence-corrected chi connectivity index (χ2v) is 29.7. The van der Waals surface area contributed by atoms with Gasteiger partial charge in [-0.15, -0.1) is 0 Å². The van der Waals surface area contributed by atoms with Crippen LogP contribution >= 0.6 is 34.8 Å². The maximum atomic E-state index is 16.6. The van der Waals surface area contributed by atoms with Crippen molar-refractivity contribution in [1.29, 1.82) is 0 Å². The number of benzene rings is 7. The number of amides is 6. The second kappa shape index (κ2) is 35.2. The van der Waals surface area contributed by atoms with Gasteiger partial charge in [-0.1, -0.05) is 71.2 Å². The van der Waals surface area contributed by atoms with Gasteiger partial charge in [0, 0.05) is 35.2 Å². The number of likely N-dealkylation sites (N-methyl/N-ethyl adjacent to an activating group) is 1. The third-order valence-electron chi connectivity index (χ3n) is 20.7. The van der Waals surface area contributed by atoms with Crippen molar-refractivity contribution in [3.63, 3.8) is 0 Å². The number of carbonyl (C=O) groups is 7. The lowest BCUT2D eigenvalue weighted by Crippen LogP contribution is -2.61. The third-order valence-corrected chi connectivity index (χ3v) is 21.6. The van der Waals surface area contributed by atoms with Gasteiger partial charge in [-0.25, -0.2) is 4.79 Å². The Morgan fingerprint density at radius 3 is 1.61 bits per heavy atom. The number of phenols is 5. The fourth-order valence-corrected chi connectivity index (χ4v) is 15.1. The van der Waals surface area contributed by atoms with Crippen molar-refractivity contribution in [3.05, 3.63) is 175 Å². The summed E-state index contributed by atoms with van der Waals surface area (Å²) in [4.78, 5) is 110. The van der Waals surface area contributed by atoms with Gasteiger partial charge in [0.15, 0.2) is 30.1 Å². The summed E-state index contributed by atoms with van der Waals surface area (Å²) in [5, 5.41) is 183. The van der Waals surface area contributed by atoms with Crippen LogP contribution in [0, 0.1) is 0 Å². The van der Waals surface area contributed by atoms with E-state index in [1.165, 1.54) is 44.3 Å². The minimum absolute atomic E-state index is 0.161. The summed E-state index contributed by atoms with van der Waals surface area (Å²) < 4.78 is 50.6. The fourth-order valence-electron chi connectivity index (χ4n) is 14.5. The number of halogens is 3. The van der Waals surface area contributed by atoms with Gasteiger partial charge in [-0.2, -0.15) is 0 Å². The molecule has 7 aromatic carbocycles. The Balaban J connectivity index is 1.08. The largest absolute Gasteiger partial charge is 0.508 e. The first kappa shape index (κ1) is 85.3. The number of aromatic hydroxyl groups is 5. The molecule has 0 saturated carbocycles. The number of hydrogen-bond acceptors (Lipinski definition) is 31. The summed E-state index contributed by atoms with van der Waals surface area (Å²) >= 11 is 21.2. The molecule has 3 fully saturated rings. The predicted octanol–water partition coefficient (Wildman–Crippen LogP) is 0.429. The van der Waals surface area contributed by atoms with Gasteiger partial charge < -0.3 is 157 Å². The highest BCUT2D eigenvalue weighted by molar-refractivity contribution is 6.33. The van der Waals surface area contributed by atoms with Crippen LogP contribution in [-0.2, 0) is 57.2 Å². The molecular formula is C77H79Cl3N8O30. The molecule has 11 bridgehead atoms. The number of hydrogen-bond donors (Lipinski definition) is 23. The molecule has 0 spiro atoms. The smallest absolute Gasteiger partial charge is 0.330 e. The maximum Gasteiger partial charge on any atom is 0.330 e. The molecule has 0 radical (unpaired) electrons. The average molecular weight is 1700 g/mol.